The number of benzene rings is 4. The van der Waals surface area contributed by atoms with Crippen LogP contribution in [-0.4, -0.2) is 0 Å². The van der Waals surface area contributed by atoms with Crippen LogP contribution < -0.4 is 4.74 Å². The van der Waals surface area contributed by atoms with Gasteiger partial charge < -0.3 is 4.74 Å². The van der Waals surface area contributed by atoms with Crippen LogP contribution >= 0.6 is 0 Å². The highest BCUT2D eigenvalue weighted by molar-refractivity contribution is 6.02. The summed E-state index contributed by atoms with van der Waals surface area (Å²) in [6.45, 7) is 3.92. The minimum absolute atomic E-state index is 0.830. The summed E-state index contributed by atoms with van der Waals surface area (Å²) >= 11 is 0. The van der Waals surface area contributed by atoms with E-state index >= 15 is 0 Å². The van der Waals surface area contributed by atoms with Crippen molar-refractivity contribution in [2.45, 2.75) is 0 Å². The van der Waals surface area contributed by atoms with E-state index in [9.17, 15) is 0 Å². The molecule has 0 spiro atoms. The minimum Gasteiger partial charge on any atom is -0.456 e. The maximum Gasteiger partial charge on any atom is 0.142 e. The number of fused-ring (bicyclic) bond motifs is 2. The van der Waals surface area contributed by atoms with Crippen LogP contribution in [0.2, 0.25) is 0 Å². The van der Waals surface area contributed by atoms with Crippen molar-refractivity contribution in [3.63, 3.8) is 0 Å². The van der Waals surface area contributed by atoms with Crippen LogP contribution in [-0.2, 0) is 0 Å². The lowest BCUT2D eigenvalue weighted by molar-refractivity contribution is 0.487. The van der Waals surface area contributed by atoms with Crippen molar-refractivity contribution in [2.75, 3.05) is 0 Å². The highest BCUT2D eigenvalue weighted by Gasteiger charge is 2.09. The molecule has 0 heterocycles. The van der Waals surface area contributed by atoms with Gasteiger partial charge in [-0.1, -0.05) is 67.3 Å². The summed E-state index contributed by atoms with van der Waals surface area (Å²) in [5.74, 6) is 1.69. The predicted octanol–water partition coefficient (Wildman–Crippen LogP) is 6.43. The molecule has 0 saturated carbocycles. The Kier molecular flexibility index (Phi) is 3.32. The van der Waals surface area contributed by atoms with E-state index in [0.29, 0.717) is 0 Å². The lowest BCUT2D eigenvalue weighted by Gasteiger charge is -2.13. The Morgan fingerprint density at radius 1 is 0.696 bits per heavy atom. The first-order valence-electron chi connectivity index (χ1n) is 7.66. The van der Waals surface area contributed by atoms with Gasteiger partial charge in [0.15, 0.2) is 0 Å². The standard InChI is InChI=1S/C22H16O/c1-2-16-12-13-19-14-17-8-6-7-9-18(17)15-21(19)22(16)23-20-10-4-3-5-11-20/h2-15H,1H2. The Bertz CT molecular complexity index is 1000. The second-order valence-corrected chi connectivity index (χ2v) is 5.52. The molecule has 4 aromatic rings. The Labute approximate surface area is 135 Å². The van der Waals surface area contributed by atoms with Crippen LogP contribution in [0.25, 0.3) is 27.6 Å². The second-order valence-electron chi connectivity index (χ2n) is 5.52. The normalized spacial score (nSPS) is 10.8. The molecule has 0 unspecified atom stereocenters. The molecule has 0 aliphatic rings. The quantitative estimate of drug-likeness (QED) is 0.396. The van der Waals surface area contributed by atoms with Gasteiger partial charge in [-0.15, -0.1) is 0 Å². The maximum absolute atomic E-state index is 6.19. The van der Waals surface area contributed by atoms with E-state index in [-0.39, 0.29) is 0 Å². The van der Waals surface area contributed by atoms with Gasteiger partial charge in [-0.2, -0.15) is 0 Å². The third-order valence-electron chi connectivity index (χ3n) is 4.05. The fraction of sp³-hybridized carbons (Fsp3) is 0. The molecule has 0 amide bonds. The highest BCUT2D eigenvalue weighted by Crippen LogP contribution is 2.36. The Morgan fingerprint density at radius 3 is 2.13 bits per heavy atom. The van der Waals surface area contributed by atoms with E-state index < -0.39 is 0 Å². The van der Waals surface area contributed by atoms with Crippen molar-refractivity contribution in [3.8, 4) is 11.5 Å². The maximum atomic E-state index is 6.19. The van der Waals surface area contributed by atoms with E-state index in [1.165, 1.54) is 16.2 Å². The van der Waals surface area contributed by atoms with Gasteiger partial charge in [0.05, 0.1) is 0 Å². The Morgan fingerprint density at radius 2 is 1.39 bits per heavy atom. The summed E-state index contributed by atoms with van der Waals surface area (Å²) in [4.78, 5) is 0. The largest absolute Gasteiger partial charge is 0.456 e. The molecular formula is C22H16O. The summed E-state index contributed by atoms with van der Waals surface area (Å²) in [6, 6.07) is 26.8. The summed E-state index contributed by atoms with van der Waals surface area (Å²) in [5.41, 5.74) is 0.997. The fourth-order valence-corrected chi connectivity index (χ4v) is 2.88. The first-order chi connectivity index (χ1) is 11.3. The molecular weight excluding hydrogens is 280 g/mol. The molecule has 0 aliphatic heterocycles. The number of ether oxygens (including phenoxy) is 1. The number of rotatable bonds is 3. The Hall–Kier alpha value is -3.06. The third-order valence-corrected chi connectivity index (χ3v) is 4.05. The molecule has 0 atom stereocenters. The molecule has 4 aromatic carbocycles. The lowest BCUT2D eigenvalue weighted by atomic mass is 10.0. The molecule has 0 aliphatic carbocycles. The van der Waals surface area contributed by atoms with Gasteiger partial charge in [-0.25, -0.2) is 0 Å². The lowest BCUT2D eigenvalue weighted by Crippen LogP contribution is -1.90. The van der Waals surface area contributed by atoms with Crippen molar-refractivity contribution >= 4 is 27.6 Å². The molecule has 0 bridgehead atoms. The zero-order valence-corrected chi connectivity index (χ0v) is 12.7. The third kappa shape index (κ3) is 2.47. The average molecular weight is 296 g/mol. The van der Waals surface area contributed by atoms with Crippen molar-refractivity contribution in [1.82, 2.24) is 0 Å². The van der Waals surface area contributed by atoms with Gasteiger partial charge in [0.25, 0.3) is 0 Å². The highest BCUT2D eigenvalue weighted by atomic mass is 16.5. The van der Waals surface area contributed by atoms with Gasteiger partial charge in [0.1, 0.15) is 11.5 Å². The molecule has 0 aromatic heterocycles. The van der Waals surface area contributed by atoms with Crippen molar-refractivity contribution in [2.24, 2.45) is 0 Å². The molecule has 110 valence electrons. The van der Waals surface area contributed by atoms with E-state index in [0.717, 1.165) is 22.4 Å². The van der Waals surface area contributed by atoms with Crippen molar-refractivity contribution in [3.05, 3.63) is 91.0 Å². The van der Waals surface area contributed by atoms with Crippen LogP contribution in [0.4, 0.5) is 0 Å². The van der Waals surface area contributed by atoms with Crippen molar-refractivity contribution in [1.29, 1.82) is 0 Å². The molecule has 0 N–H and O–H groups in total. The molecule has 0 radical (unpaired) electrons. The van der Waals surface area contributed by atoms with E-state index in [1.807, 2.05) is 36.4 Å². The van der Waals surface area contributed by atoms with Crippen LogP contribution in [0, 0.1) is 0 Å². The van der Waals surface area contributed by atoms with Crippen LogP contribution in [0.3, 0.4) is 0 Å². The summed E-state index contributed by atoms with van der Waals surface area (Å²) in [5, 5.41) is 4.71. The zero-order chi connectivity index (χ0) is 15.6. The van der Waals surface area contributed by atoms with Gasteiger partial charge in [0.2, 0.25) is 0 Å². The van der Waals surface area contributed by atoms with E-state index in [4.69, 9.17) is 4.74 Å². The summed E-state index contributed by atoms with van der Waals surface area (Å²) in [6.07, 6.45) is 1.84. The summed E-state index contributed by atoms with van der Waals surface area (Å²) in [7, 11) is 0. The first-order valence-corrected chi connectivity index (χ1v) is 7.66. The number of hydrogen-bond acceptors (Lipinski definition) is 1. The van der Waals surface area contributed by atoms with Gasteiger partial charge in [0, 0.05) is 10.9 Å². The van der Waals surface area contributed by atoms with Gasteiger partial charge in [-0.3, -0.25) is 0 Å². The van der Waals surface area contributed by atoms with Crippen LogP contribution in [0.1, 0.15) is 5.56 Å². The van der Waals surface area contributed by atoms with Gasteiger partial charge >= 0.3 is 0 Å². The number of para-hydroxylation sites is 1. The van der Waals surface area contributed by atoms with Crippen LogP contribution in [0.5, 0.6) is 11.5 Å². The predicted molar refractivity (Wildman–Crippen MR) is 98.1 cm³/mol. The average Bonchev–Trinajstić information content (AvgIpc) is 2.61. The summed E-state index contributed by atoms with van der Waals surface area (Å²) < 4.78 is 6.19. The topological polar surface area (TPSA) is 9.23 Å². The first kappa shape index (κ1) is 13.6. The van der Waals surface area contributed by atoms with E-state index in [2.05, 4.69) is 55.1 Å². The molecule has 1 heteroatoms. The van der Waals surface area contributed by atoms with E-state index in [1.54, 1.807) is 0 Å². The molecule has 0 saturated heterocycles. The SMILES string of the molecule is C=Cc1ccc2cc3ccccc3cc2c1Oc1ccccc1. The van der Waals surface area contributed by atoms with Crippen molar-refractivity contribution < 1.29 is 4.74 Å². The molecule has 0 fully saturated rings. The molecule has 1 nitrogen and oxygen atoms in total. The number of hydrogen-bond donors (Lipinski definition) is 0. The smallest absolute Gasteiger partial charge is 0.142 e. The monoisotopic (exact) mass is 296 g/mol. The minimum atomic E-state index is 0.830. The molecule has 4 rings (SSSR count). The van der Waals surface area contributed by atoms with Gasteiger partial charge in [-0.05, 0) is 40.4 Å². The fourth-order valence-electron chi connectivity index (χ4n) is 2.88. The second kappa shape index (κ2) is 5.62. The molecule has 23 heavy (non-hydrogen) atoms. The zero-order valence-electron chi connectivity index (χ0n) is 12.7. The Balaban J connectivity index is 1.98. The van der Waals surface area contributed by atoms with Crippen LogP contribution in [0.15, 0.2) is 85.4 Å².